The van der Waals surface area contributed by atoms with Gasteiger partial charge in [0.15, 0.2) is 0 Å². The zero-order valence-electron chi connectivity index (χ0n) is 15.0. The average molecular weight is 339 g/mol. The van der Waals surface area contributed by atoms with Gasteiger partial charge in [0.1, 0.15) is 18.5 Å². The first-order chi connectivity index (χ1) is 12.0. The first kappa shape index (κ1) is 17.5. The van der Waals surface area contributed by atoms with E-state index in [-0.39, 0.29) is 13.2 Å². The van der Waals surface area contributed by atoms with Crippen LogP contribution in [0.5, 0.6) is 5.75 Å². The lowest BCUT2D eigenvalue weighted by atomic mass is 10.1. The minimum atomic E-state index is -0.637. The lowest BCUT2D eigenvalue weighted by Gasteiger charge is -2.17. The van der Waals surface area contributed by atoms with Gasteiger partial charge >= 0.3 is 0 Å². The first-order valence-corrected chi connectivity index (χ1v) is 8.56. The number of aryl methyl sites for hydroxylation is 3. The van der Waals surface area contributed by atoms with Crippen LogP contribution >= 0.6 is 0 Å². The van der Waals surface area contributed by atoms with Gasteiger partial charge in [-0.1, -0.05) is 35.9 Å². The van der Waals surface area contributed by atoms with Gasteiger partial charge in [-0.15, -0.1) is 0 Å². The lowest BCUT2D eigenvalue weighted by molar-refractivity contribution is 0.0928. The number of ether oxygens (including phenoxy) is 1. The van der Waals surface area contributed by atoms with E-state index in [4.69, 9.17) is 4.74 Å². The van der Waals surface area contributed by atoms with Crippen LogP contribution in [0.2, 0.25) is 0 Å². The minimum absolute atomic E-state index is 0.0120. The van der Waals surface area contributed by atoms with E-state index < -0.39 is 6.10 Å². The molecule has 132 valence electrons. The highest BCUT2D eigenvalue weighted by Crippen LogP contribution is 2.25. The van der Waals surface area contributed by atoms with Crippen molar-refractivity contribution in [3.8, 4) is 5.75 Å². The van der Waals surface area contributed by atoms with E-state index in [1.54, 1.807) is 0 Å². The topological polar surface area (TPSA) is 54.6 Å². The highest BCUT2D eigenvalue weighted by atomic mass is 16.5. The number of aliphatic hydroxyl groups excluding tert-OH is 2. The van der Waals surface area contributed by atoms with E-state index in [0.717, 1.165) is 33.3 Å². The summed E-state index contributed by atoms with van der Waals surface area (Å²) in [6, 6.07) is 12.1. The molecule has 0 bridgehead atoms. The number of benzene rings is 2. The summed E-state index contributed by atoms with van der Waals surface area (Å²) in [4.78, 5) is 0. The molecule has 25 heavy (non-hydrogen) atoms. The van der Waals surface area contributed by atoms with E-state index in [1.165, 1.54) is 5.56 Å². The molecule has 1 aromatic heterocycles. The van der Waals surface area contributed by atoms with E-state index in [9.17, 15) is 10.2 Å². The SMILES string of the molecule is Cc1cc(C)c(OC[C@@H](O)Cn2cc(CO)c3ccccc32)c(C)c1. The Kier molecular flexibility index (Phi) is 5.11. The van der Waals surface area contributed by atoms with Crippen molar-refractivity contribution in [3.05, 3.63) is 64.8 Å². The average Bonchev–Trinajstić information content (AvgIpc) is 2.92. The zero-order valence-corrected chi connectivity index (χ0v) is 15.0. The Bertz CT molecular complexity index is 859. The Labute approximate surface area is 148 Å². The van der Waals surface area contributed by atoms with Crippen LogP contribution in [-0.2, 0) is 13.2 Å². The lowest BCUT2D eigenvalue weighted by Crippen LogP contribution is -2.23. The molecule has 0 amide bonds. The molecule has 0 saturated carbocycles. The van der Waals surface area contributed by atoms with Crippen LogP contribution < -0.4 is 4.74 Å². The molecule has 1 heterocycles. The van der Waals surface area contributed by atoms with Gasteiger partial charge in [0.25, 0.3) is 0 Å². The molecule has 2 N–H and O–H groups in total. The fourth-order valence-electron chi connectivity index (χ4n) is 3.45. The Morgan fingerprint density at radius 1 is 1.08 bits per heavy atom. The Balaban J connectivity index is 1.73. The Morgan fingerprint density at radius 3 is 2.44 bits per heavy atom. The molecular weight excluding hydrogens is 314 g/mol. The van der Waals surface area contributed by atoms with Gasteiger partial charge in [-0.3, -0.25) is 0 Å². The Hall–Kier alpha value is -2.30. The highest BCUT2D eigenvalue weighted by molar-refractivity contribution is 5.83. The van der Waals surface area contributed by atoms with Crippen LogP contribution in [-0.4, -0.2) is 27.5 Å². The van der Waals surface area contributed by atoms with Crippen LogP contribution in [0, 0.1) is 20.8 Å². The van der Waals surface area contributed by atoms with Crippen LogP contribution in [0.4, 0.5) is 0 Å². The monoisotopic (exact) mass is 339 g/mol. The molecule has 1 atom stereocenters. The molecule has 0 fully saturated rings. The van der Waals surface area contributed by atoms with Crippen molar-refractivity contribution in [2.45, 2.75) is 40.0 Å². The summed E-state index contributed by atoms with van der Waals surface area (Å²) in [7, 11) is 0. The van der Waals surface area contributed by atoms with Crippen LogP contribution in [0.3, 0.4) is 0 Å². The van der Waals surface area contributed by atoms with E-state index in [0.29, 0.717) is 6.54 Å². The number of rotatable bonds is 6. The highest BCUT2D eigenvalue weighted by Gasteiger charge is 2.13. The first-order valence-electron chi connectivity index (χ1n) is 8.56. The third kappa shape index (κ3) is 3.70. The summed E-state index contributed by atoms with van der Waals surface area (Å²) in [5.41, 5.74) is 5.25. The second kappa shape index (κ2) is 7.30. The number of fused-ring (bicyclic) bond motifs is 1. The van der Waals surface area contributed by atoms with Gasteiger partial charge in [-0.05, 0) is 38.0 Å². The molecule has 3 aromatic rings. The predicted molar refractivity (Wildman–Crippen MR) is 100 cm³/mol. The third-order valence-electron chi connectivity index (χ3n) is 4.47. The quantitative estimate of drug-likeness (QED) is 0.723. The van der Waals surface area contributed by atoms with Crippen molar-refractivity contribution in [2.24, 2.45) is 0 Å². The number of hydrogen-bond donors (Lipinski definition) is 2. The smallest absolute Gasteiger partial charge is 0.125 e. The van der Waals surface area contributed by atoms with E-state index in [1.807, 2.05) is 48.9 Å². The molecule has 3 rings (SSSR count). The molecular formula is C21H25NO3. The number of para-hydroxylation sites is 1. The van der Waals surface area contributed by atoms with Crippen molar-refractivity contribution in [1.29, 1.82) is 0 Å². The summed E-state index contributed by atoms with van der Waals surface area (Å²) in [5.74, 6) is 0.845. The molecule has 4 heteroatoms. The summed E-state index contributed by atoms with van der Waals surface area (Å²) >= 11 is 0. The molecule has 0 spiro atoms. The van der Waals surface area contributed by atoms with Crippen molar-refractivity contribution in [1.82, 2.24) is 4.57 Å². The normalized spacial score (nSPS) is 12.5. The van der Waals surface area contributed by atoms with Gasteiger partial charge in [-0.2, -0.15) is 0 Å². The number of aliphatic hydroxyl groups is 2. The molecule has 0 unspecified atom stereocenters. The third-order valence-corrected chi connectivity index (χ3v) is 4.47. The maximum atomic E-state index is 10.4. The molecule has 0 aliphatic heterocycles. The van der Waals surface area contributed by atoms with Crippen molar-refractivity contribution in [2.75, 3.05) is 6.61 Å². The summed E-state index contributed by atoms with van der Waals surface area (Å²) in [5, 5.41) is 21.0. The van der Waals surface area contributed by atoms with Gasteiger partial charge in [-0.25, -0.2) is 0 Å². The van der Waals surface area contributed by atoms with Crippen molar-refractivity contribution >= 4 is 10.9 Å². The summed E-state index contributed by atoms with van der Waals surface area (Å²) < 4.78 is 7.87. The summed E-state index contributed by atoms with van der Waals surface area (Å²) in [6.45, 7) is 6.75. The molecule has 0 aliphatic rings. The standard InChI is InChI=1S/C21H25NO3/c1-14-8-15(2)21(16(3)9-14)25-13-18(24)11-22-10-17(12-23)19-6-4-5-7-20(19)22/h4-10,18,23-24H,11-13H2,1-3H3/t18-/m0/s1. The number of hydrogen-bond acceptors (Lipinski definition) is 3. The predicted octanol–water partition coefficient (Wildman–Crippen LogP) is 3.50. The van der Waals surface area contributed by atoms with Crippen LogP contribution in [0.15, 0.2) is 42.6 Å². The van der Waals surface area contributed by atoms with Gasteiger partial charge < -0.3 is 19.5 Å². The van der Waals surface area contributed by atoms with Crippen molar-refractivity contribution in [3.63, 3.8) is 0 Å². The number of nitrogens with zero attached hydrogens (tertiary/aromatic N) is 1. The molecule has 0 saturated heterocycles. The number of aromatic nitrogens is 1. The second-order valence-corrected chi connectivity index (χ2v) is 6.67. The van der Waals surface area contributed by atoms with Crippen molar-refractivity contribution < 1.29 is 14.9 Å². The van der Waals surface area contributed by atoms with Gasteiger partial charge in [0.2, 0.25) is 0 Å². The largest absolute Gasteiger partial charge is 0.490 e. The second-order valence-electron chi connectivity index (χ2n) is 6.67. The molecule has 0 aliphatic carbocycles. The van der Waals surface area contributed by atoms with Crippen LogP contribution in [0.25, 0.3) is 10.9 Å². The van der Waals surface area contributed by atoms with Gasteiger partial charge in [0, 0.05) is 22.7 Å². The zero-order chi connectivity index (χ0) is 18.0. The van der Waals surface area contributed by atoms with Crippen LogP contribution in [0.1, 0.15) is 22.3 Å². The minimum Gasteiger partial charge on any atom is -0.490 e. The van der Waals surface area contributed by atoms with E-state index >= 15 is 0 Å². The summed E-state index contributed by atoms with van der Waals surface area (Å²) in [6.07, 6.45) is 1.26. The molecule has 4 nitrogen and oxygen atoms in total. The van der Waals surface area contributed by atoms with Gasteiger partial charge in [0.05, 0.1) is 13.2 Å². The maximum Gasteiger partial charge on any atom is 0.125 e. The maximum absolute atomic E-state index is 10.4. The molecule has 0 radical (unpaired) electrons. The fourth-order valence-corrected chi connectivity index (χ4v) is 3.45. The Morgan fingerprint density at radius 2 is 1.76 bits per heavy atom. The van der Waals surface area contributed by atoms with E-state index in [2.05, 4.69) is 19.1 Å². The molecule has 2 aromatic carbocycles. The fraction of sp³-hybridized carbons (Fsp3) is 0.333.